The molecule has 1 aliphatic carbocycles. The molecular weight excluding hydrogens is 84.1 g/mol. The molecule has 0 aromatic rings. The molecule has 0 saturated heterocycles. The summed E-state index contributed by atoms with van der Waals surface area (Å²) in [7, 11) is 0. The average molecular weight is 97.2 g/mol. The third kappa shape index (κ3) is 1.19. The Morgan fingerprint density at radius 3 is 2.14 bits per heavy atom. The van der Waals surface area contributed by atoms with Gasteiger partial charge in [-0.3, -0.25) is 0 Å². The van der Waals surface area contributed by atoms with Crippen molar-refractivity contribution in [2.75, 3.05) is 0 Å². The minimum atomic E-state index is 0.972. The highest BCUT2D eigenvalue weighted by atomic mass is 14.2. The normalized spacial score (nSPS) is 23.6. The second-order valence-corrected chi connectivity index (χ2v) is 2.38. The maximum absolute atomic E-state index is 2.34. The van der Waals surface area contributed by atoms with Gasteiger partial charge in [-0.15, -0.1) is 0 Å². The van der Waals surface area contributed by atoms with E-state index in [1.165, 1.54) is 25.7 Å². The molecule has 0 bridgehead atoms. The summed E-state index contributed by atoms with van der Waals surface area (Å²) in [5.74, 6) is 0.972. The maximum atomic E-state index is 2.34. The molecule has 0 heteroatoms. The third-order valence-corrected chi connectivity index (χ3v) is 1.87. The van der Waals surface area contributed by atoms with E-state index in [9.17, 15) is 0 Å². The largest absolute Gasteiger partial charge is 0.328 e. The van der Waals surface area contributed by atoms with Crippen LogP contribution in [0.15, 0.2) is 0 Å². The van der Waals surface area contributed by atoms with Crippen LogP contribution in [0, 0.1) is 12.3 Å². The molecule has 42 valence electrons. The summed E-state index contributed by atoms with van der Waals surface area (Å²) in [4.78, 5) is 0. The van der Waals surface area contributed by atoms with E-state index in [4.69, 9.17) is 0 Å². The van der Waals surface area contributed by atoms with Gasteiger partial charge in [0.25, 0.3) is 0 Å². The number of rotatable bonds is 1. The SMILES string of the molecule is C[CH-]C1CCCC1. The molecule has 0 nitrogen and oxygen atoms in total. The fraction of sp³-hybridized carbons (Fsp3) is 0.857. The van der Waals surface area contributed by atoms with Gasteiger partial charge in [0.1, 0.15) is 0 Å². The van der Waals surface area contributed by atoms with Crippen molar-refractivity contribution in [1.29, 1.82) is 0 Å². The lowest BCUT2D eigenvalue weighted by molar-refractivity contribution is 0.636. The van der Waals surface area contributed by atoms with Crippen molar-refractivity contribution in [3.05, 3.63) is 6.42 Å². The number of hydrogen-bond acceptors (Lipinski definition) is 0. The Morgan fingerprint density at radius 2 is 1.86 bits per heavy atom. The molecule has 1 saturated carbocycles. The van der Waals surface area contributed by atoms with Crippen LogP contribution in [0.2, 0.25) is 0 Å². The fourth-order valence-corrected chi connectivity index (χ4v) is 1.29. The standard InChI is InChI=1S/C7H13/c1-2-7-5-3-4-6-7/h2,7H,3-6H2,1H3/q-1. The summed E-state index contributed by atoms with van der Waals surface area (Å²) in [6, 6.07) is 0. The molecule has 7 heavy (non-hydrogen) atoms. The van der Waals surface area contributed by atoms with Gasteiger partial charge in [-0.25, -0.2) is 0 Å². The molecule has 0 amide bonds. The molecule has 0 spiro atoms. The van der Waals surface area contributed by atoms with Gasteiger partial charge < -0.3 is 6.42 Å². The van der Waals surface area contributed by atoms with Crippen molar-refractivity contribution in [2.24, 2.45) is 5.92 Å². The maximum Gasteiger partial charge on any atom is -0.0556 e. The molecule has 0 radical (unpaired) electrons. The van der Waals surface area contributed by atoms with Gasteiger partial charge in [0.2, 0.25) is 0 Å². The van der Waals surface area contributed by atoms with Crippen LogP contribution in [0.4, 0.5) is 0 Å². The first-order chi connectivity index (χ1) is 3.43. The molecule has 0 heterocycles. The van der Waals surface area contributed by atoms with Crippen LogP contribution in [-0.4, -0.2) is 0 Å². The van der Waals surface area contributed by atoms with Crippen LogP contribution in [-0.2, 0) is 0 Å². The molecule has 1 aliphatic rings. The van der Waals surface area contributed by atoms with Gasteiger partial charge in [0, 0.05) is 0 Å². The third-order valence-electron chi connectivity index (χ3n) is 1.87. The quantitative estimate of drug-likeness (QED) is 0.441. The second kappa shape index (κ2) is 2.34. The van der Waals surface area contributed by atoms with E-state index in [0.29, 0.717) is 0 Å². The highest BCUT2D eigenvalue weighted by Gasteiger charge is 2.04. The highest BCUT2D eigenvalue weighted by molar-refractivity contribution is 4.76. The van der Waals surface area contributed by atoms with E-state index >= 15 is 0 Å². The Morgan fingerprint density at radius 1 is 1.29 bits per heavy atom. The van der Waals surface area contributed by atoms with E-state index in [2.05, 4.69) is 13.3 Å². The van der Waals surface area contributed by atoms with Crippen molar-refractivity contribution in [2.45, 2.75) is 32.6 Å². The van der Waals surface area contributed by atoms with Crippen molar-refractivity contribution < 1.29 is 0 Å². The van der Waals surface area contributed by atoms with E-state index in [-0.39, 0.29) is 0 Å². The van der Waals surface area contributed by atoms with Gasteiger partial charge in [0.15, 0.2) is 0 Å². The predicted molar refractivity (Wildman–Crippen MR) is 31.9 cm³/mol. The summed E-state index contributed by atoms with van der Waals surface area (Å²) < 4.78 is 0. The molecule has 1 rings (SSSR count). The Balaban J connectivity index is 2.14. The second-order valence-electron chi connectivity index (χ2n) is 2.38. The summed E-state index contributed by atoms with van der Waals surface area (Å²) in [5, 5.41) is 0. The van der Waals surface area contributed by atoms with E-state index < -0.39 is 0 Å². The lowest BCUT2D eigenvalue weighted by atomic mass is 10.1. The van der Waals surface area contributed by atoms with E-state index in [0.717, 1.165) is 5.92 Å². The minimum absolute atomic E-state index is 0.972. The van der Waals surface area contributed by atoms with Gasteiger partial charge in [-0.1, -0.05) is 25.7 Å². The zero-order valence-electron chi connectivity index (χ0n) is 4.98. The summed E-state index contributed by atoms with van der Waals surface area (Å²) in [6.07, 6.45) is 8.18. The smallest absolute Gasteiger partial charge is 0.0556 e. The Hall–Kier alpha value is 0. The van der Waals surface area contributed by atoms with Crippen molar-refractivity contribution in [3.8, 4) is 0 Å². The molecule has 0 unspecified atom stereocenters. The molecular formula is C7H13-. The molecule has 1 fully saturated rings. The Kier molecular flexibility index (Phi) is 1.72. The highest BCUT2D eigenvalue weighted by Crippen LogP contribution is 2.25. The lowest BCUT2D eigenvalue weighted by Gasteiger charge is -2.12. The first-order valence-corrected chi connectivity index (χ1v) is 3.23. The monoisotopic (exact) mass is 97.1 g/mol. The van der Waals surface area contributed by atoms with Crippen molar-refractivity contribution in [3.63, 3.8) is 0 Å². The van der Waals surface area contributed by atoms with Gasteiger partial charge in [0.05, 0.1) is 0 Å². The topological polar surface area (TPSA) is 0 Å². The van der Waals surface area contributed by atoms with Gasteiger partial charge in [-0.05, 0) is 0 Å². The summed E-state index contributed by atoms with van der Waals surface area (Å²) in [6.45, 7) is 2.18. The zero-order valence-corrected chi connectivity index (χ0v) is 4.98. The molecule has 0 N–H and O–H groups in total. The number of hydrogen-bond donors (Lipinski definition) is 0. The molecule has 0 aromatic heterocycles. The first-order valence-electron chi connectivity index (χ1n) is 3.23. The molecule has 0 aliphatic heterocycles. The Labute approximate surface area is 45.9 Å². The molecule has 0 aromatic carbocycles. The molecule has 0 atom stereocenters. The van der Waals surface area contributed by atoms with E-state index in [1.54, 1.807) is 0 Å². The van der Waals surface area contributed by atoms with Crippen LogP contribution in [0.1, 0.15) is 32.6 Å². The average Bonchev–Trinajstić information content (AvgIpc) is 2.14. The van der Waals surface area contributed by atoms with Gasteiger partial charge >= 0.3 is 0 Å². The fourth-order valence-electron chi connectivity index (χ4n) is 1.29. The zero-order chi connectivity index (χ0) is 5.11. The van der Waals surface area contributed by atoms with Crippen LogP contribution < -0.4 is 0 Å². The minimum Gasteiger partial charge on any atom is -0.328 e. The van der Waals surface area contributed by atoms with Crippen LogP contribution >= 0.6 is 0 Å². The van der Waals surface area contributed by atoms with Crippen LogP contribution in [0.5, 0.6) is 0 Å². The van der Waals surface area contributed by atoms with E-state index in [1.807, 2.05) is 0 Å². The van der Waals surface area contributed by atoms with Gasteiger partial charge in [-0.2, -0.15) is 12.8 Å². The van der Waals surface area contributed by atoms with Crippen molar-refractivity contribution >= 4 is 0 Å². The first kappa shape index (κ1) is 5.14. The Bertz CT molecular complexity index is 42.0. The van der Waals surface area contributed by atoms with Crippen LogP contribution in [0.3, 0.4) is 0 Å². The van der Waals surface area contributed by atoms with Crippen molar-refractivity contribution in [1.82, 2.24) is 0 Å². The van der Waals surface area contributed by atoms with Crippen LogP contribution in [0.25, 0.3) is 0 Å². The predicted octanol–water partition coefficient (Wildman–Crippen LogP) is 2.40. The summed E-state index contributed by atoms with van der Waals surface area (Å²) >= 11 is 0. The lowest BCUT2D eigenvalue weighted by Crippen LogP contribution is -1.87. The summed E-state index contributed by atoms with van der Waals surface area (Å²) in [5.41, 5.74) is 0.